The van der Waals surface area contributed by atoms with Crippen molar-refractivity contribution in [3.05, 3.63) is 66.4 Å². The number of cyclic esters (lactones) is 1. The average Bonchev–Trinajstić information content (AvgIpc) is 3.64. The number of alkyl halides is 3. The van der Waals surface area contributed by atoms with Gasteiger partial charge in [-0.2, -0.15) is 13.2 Å². The van der Waals surface area contributed by atoms with E-state index in [1.54, 1.807) is 0 Å². The van der Waals surface area contributed by atoms with Gasteiger partial charge in [0.1, 0.15) is 12.3 Å². The van der Waals surface area contributed by atoms with E-state index in [0.29, 0.717) is 0 Å². The molecule has 4 N–H and O–H groups in total. The highest BCUT2D eigenvalue weighted by atomic mass is 79.9. The Morgan fingerprint density at radius 2 is 2.00 bits per heavy atom. The smallest absolute Gasteiger partial charge is 0.415 e. The number of aromatic nitrogens is 2. The van der Waals surface area contributed by atoms with Gasteiger partial charge in [-0.1, -0.05) is 33.5 Å². The fourth-order valence-electron chi connectivity index (χ4n) is 4.00. The lowest BCUT2D eigenvalue weighted by molar-refractivity contribution is -0.239. The van der Waals surface area contributed by atoms with Crippen molar-refractivity contribution in [2.45, 2.75) is 49.5 Å². The van der Waals surface area contributed by atoms with Crippen molar-refractivity contribution >= 4 is 45.4 Å². The van der Waals surface area contributed by atoms with Crippen molar-refractivity contribution < 1.29 is 37.7 Å². The Hall–Kier alpha value is -3.09. The molecule has 3 aliphatic rings. The number of aromatic amines is 1. The Balaban J connectivity index is 0.000000186. The number of amides is 1. The van der Waals surface area contributed by atoms with Crippen LogP contribution in [-0.4, -0.2) is 50.8 Å². The molecule has 2 aromatic rings. The normalized spacial score (nSPS) is 25.7. The lowest BCUT2D eigenvalue weighted by atomic mass is 9.90. The summed E-state index contributed by atoms with van der Waals surface area (Å²) in [5.74, 6) is 4.60. The number of H-pyrrole nitrogens is 1. The molecule has 0 unspecified atom stereocenters. The van der Waals surface area contributed by atoms with Crippen molar-refractivity contribution in [3.8, 4) is 11.8 Å². The van der Waals surface area contributed by atoms with Crippen LogP contribution in [0.15, 0.2) is 39.0 Å². The number of halogens is 5. The fourth-order valence-corrected chi connectivity index (χ4v) is 4.46. The third kappa shape index (κ3) is 6.29. The maximum absolute atomic E-state index is 13.6. The number of aliphatic hydroxyl groups excluding tert-OH is 2. The second-order valence-electron chi connectivity index (χ2n) is 9.09. The second kappa shape index (κ2) is 11.8. The summed E-state index contributed by atoms with van der Waals surface area (Å²) < 4.78 is 52.0. The van der Waals surface area contributed by atoms with E-state index < -0.39 is 47.6 Å². The van der Waals surface area contributed by atoms with Crippen LogP contribution in [0.4, 0.5) is 23.7 Å². The highest BCUT2D eigenvalue weighted by Gasteiger charge is 2.62. The number of carbonyl (C=O) groups excluding carboxylic acids is 1. The van der Waals surface area contributed by atoms with Gasteiger partial charge in [-0.05, 0) is 48.0 Å². The van der Waals surface area contributed by atoms with Gasteiger partial charge in [-0.15, -0.1) is 0 Å². The van der Waals surface area contributed by atoms with E-state index in [0.717, 1.165) is 18.9 Å². The van der Waals surface area contributed by atoms with E-state index in [1.165, 1.54) is 34.0 Å². The Morgan fingerprint density at radius 1 is 1.27 bits per heavy atom. The summed E-state index contributed by atoms with van der Waals surface area (Å²) in [7, 11) is 0. The number of nitrogens with zero attached hydrogens (tertiary/aromatic N) is 1. The molecule has 1 amide bonds. The molecule has 15 heteroatoms. The predicted octanol–water partition coefficient (Wildman–Crippen LogP) is 3.62. The minimum Gasteiger partial charge on any atom is -0.415 e. The third-order valence-electron chi connectivity index (χ3n) is 6.20. The van der Waals surface area contributed by atoms with Gasteiger partial charge in [0.05, 0.1) is 24.0 Å². The van der Waals surface area contributed by atoms with Crippen LogP contribution in [0.3, 0.4) is 0 Å². The van der Waals surface area contributed by atoms with Crippen molar-refractivity contribution in [1.82, 2.24) is 9.55 Å². The standard InChI is InChI=1S/C14H9ClF3NO2.C11H13BrN2O5/c15-9-3-4-11-10(7-9)13(14(16,17)18,21-12(20)19-11)6-5-8-1-2-8;12-2-1-6-4-14(11(18)13-10(6)17)9-3-7(16)8(5-15)19-9/h3-4,7-8H,1-2H2,(H,19,20);1-2,4,7-9,15-16H,3,5H2,(H,13,17,18)/b;2-1+/t13-;7-,8+,9+/m00/s1. The van der Waals surface area contributed by atoms with E-state index >= 15 is 0 Å². The molecule has 0 radical (unpaired) electrons. The molecule has 40 heavy (non-hydrogen) atoms. The number of hydrogen-bond donors (Lipinski definition) is 4. The molecular weight excluding hydrogens is 627 g/mol. The second-order valence-corrected chi connectivity index (χ2v) is 10.1. The van der Waals surface area contributed by atoms with Crippen LogP contribution in [-0.2, 0) is 15.1 Å². The van der Waals surface area contributed by atoms with Gasteiger partial charge >= 0.3 is 18.0 Å². The molecule has 0 bridgehead atoms. The summed E-state index contributed by atoms with van der Waals surface area (Å²) in [6, 6.07) is 3.81. The van der Waals surface area contributed by atoms with Crippen LogP contribution in [0, 0.1) is 17.8 Å². The molecule has 1 aromatic heterocycles. The molecule has 2 fully saturated rings. The van der Waals surface area contributed by atoms with E-state index in [1.807, 2.05) is 0 Å². The molecular formula is C25H22BrClF3N3O7. The molecule has 10 nitrogen and oxygen atoms in total. The Bertz CT molecular complexity index is 1500. The summed E-state index contributed by atoms with van der Waals surface area (Å²) >= 11 is 8.83. The van der Waals surface area contributed by atoms with Crippen molar-refractivity contribution in [1.29, 1.82) is 0 Å². The summed E-state index contributed by atoms with van der Waals surface area (Å²) in [6.45, 7) is -0.329. The molecule has 4 atom stereocenters. The van der Waals surface area contributed by atoms with Crippen LogP contribution < -0.4 is 16.6 Å². The van der Waals surface area contributed by atoms with E-state index in [2.05, 4.69) is 42.8 Å². The zero-order chi connectivity index (χ0) is 29.2. The third-order valence-corrected chi connectivity index (χ3v) is 6.70. The number of carbonyl (C=O) groups is 1. The highest BCUT2D eigenvalue weighted by molar-refractivity contribution is 9.11. The van der Waals surface area contributed by atoms with Gasteiger partial charge in [0, 0.05) is 29.1 Å². The van der Waals surface area contributed by atoms with Gasteiger partial charge in [-0.3, -0.25) is 19.7 Å². The van der Waals surface area contributed by atoms with E-state index in [4.69, 9.17) is 21.4 Å². The molecule has 1 saturated carbocycles. The first-order valence-electron chi connectivity index (χ1n) is 11.8. The monoisotopic (exact) mass is 647 g/mol. The van der Waals surface area contributed by atoms with Crippen LogP contribution in [0.1, 0.15) is 36.6 Å². The zero-order valence-corrected chi connectivity index (χ0v) is 22.7. The first-order chi connectivity index (χ1) is 18.9. The van der Waals surface area contributed by atoms with Crippen LogP contribution in [0.2, 0.25) is 5.02 Å². The maximum atomic E-state index is 13.6. The molecule has 3 heterocycles. The van der Waals surface area contributed by atoms with E-state index in [9.17, 15) is 32.7 Å². The maximum Gasteiger partial charge on any atom is 0.445 e. The van der Waals surface area contributed by atoms with Crippen LogP contribution >= 0.6 is 27.5 Å². The summed E-state index contributed by atoms with van der Waals surface area (Å²) in [5.41, 5.74) is -4.12. The molecule has 0 spiro atoms. The number of ether oxygens (including phenoxy) is 2. The number of fused-ring (bicyclic) bond motifs is 1. The SMILES string of the molecule is O=C1Nc2ccc(Cl)cc2[C@@](C#CC2CC2)(C(F)(F)F)O1.O=c1[nH]c(=O)n([C@H]2C[C@H](O)[C@@H](CO)O2)cc1/C=C/Br. The number of benzene rings is 1. The molecule has 1 saturated heterocycles. The topological polar surface area (TPSA) is 143 Å². The lowest BCUT2D eigenvalue weighted by Gasteiger charge is -2.35. The lowest BCUT2D eigenvalue weighted by Crippen LogP contribution is -2.49. The van der Waals surface area contributed by atoms with E-state index in [-0.39, 0.29) is 40.8 Å². The quantitative estimate of drug-likeness (QED) is 0.373. The van der Waals surface area contributed by atoms with Gasteiger partial charge in [-0.25, -0.2) is 9.59 Å². The zero-order valence-electron chi connectivity index (χ0n) is 20.4. The number of nitrogens with one attached hydrogen (secondary N) is 2. The fraction of sp³-hybridized carbons (Fsp3) is 0.400. The molecule has 1 aromatic carbocycles. The van der Waals surface area contributed by atoms with Crippen molar-refractivity contribution in [2.75, 3.05) is 11.9 Å². The minimum absolute atomic E-state index is 0.00179. The van der Waals surface area contributed by atoms with Crippen molar-refractivity contribution in [3.63, 3.8) is 0 Å². The molecule has 1 aliphatic carbocycles. The Morgan fingerprint density at radius 3 is 2.60 bits per heavy atom. The highest BCUT2D eigenvalue weighted by Crippen LogP contribution is 2.48. The first kappa shape index (κ1) is 29.9. The van der Waals surface area contributed by atoms with Crippen molar-refractivity contribution in [2.24, 2.45) is 5.92 Å². The largest absolute Gasteiger partial charge is 0.445 e. The van der Waals surface area contributed by atoms with Gasteiger partial charge in [0.2, 0.25) is 0 Å². The van der Waals surface area contributed by atoms with Crippen LogP contribution in [0.5, 0.6) is 0 Å². The summed E-state index contributed by atoms with van der Waals surface area (Å²) in [4.78, 5) is 38.4. The number of rotatable bonds is 3. The molecule has 214 valence electrons. The molecule has 5 rings (SSSR count). The predicted molar refractivity (Wildman–Crippen MR) is 141 cm³/mol. The Kier molecular flexibility index (Phi) is 8.81. The number of anilines is 1. The average molecular weight is 649 g/mol. The Labute approximate surface area is 237 Å². The van der Waals surface area contributed by atoms with Gasteiger partial charge in [0.25, 0.3) is 11.2 Å². The summed E-state index contributed by atoms with van der Waals surface area (Å²) in [6.07, 6.45) is -3.79. The number of aliphatic hydroxyl groups is 2. The van der Waals surface area contributed by atoms with Gasteiger partial charge < -0.3 is 19.7 Å². The van der Waals surface area contributed by atoms with Gasteiger partial charge in [0.15, 0.2) is 0 Å². The molecule has 2 aliphatic heterocycles. The summed E-state index contributed by atoms with van der Waals surface area (Å²) in [5, 5.41) is 21.0. The number of hydrogen-bond acceptors (Lipinski definition) is 7. The minimum atomic E-state index is -4.87. The first-order valence-corrected chi connectivity index (χ1v) is 13.1. The van der Waals surface area contributed by atoms with Crippen LogP contribution in [0.25, 0.3) is 6.08 Å².